The zero-order valence-corrected chi connectivity index (χ0v) is 9.13. The molecule has 1 heterocycles. The van der Waals surface area contributed by atoms with Crippen LogP contribution in [0.3, 0.4) is 0 Å². The summed E-state index contributed by atoms with van der Waals surface area (Å²) < 4.78 is 0. The van der Waals surface area contributed by atoms with Crippen LogP contribution in [0.4, 0.5) is 0 Å². The Labute approximate surface area is 84.3 Å². The van der Waals surface area contributed by atoms with Gasteiger partial charge in [0.1, 0.15) is 0 Å². The highest BCUT2D eigenvalue weighted by molar-refractivity contribution is 6.11. The van der Waals surface area contributed by atoms with Crippen LogP contribution in [0.5, 0.6) is 0 Å². The van der Waals surface area contributed by atoms with Crippen molar-refractivity contribution in [2.45, 2.75) is 57.8 Å². The minimum atomic E-state index is 0.468. The number of nitrogens with zero attached hydrogens (tertiary/aromatic N) is 1. The van der Waals surface area contributed by atoms with Gasteiger partial charge in [-0.1, -0.05) is 26.1 Å². The van der Waals surface area contributed by atoms with Gasteiger partial charge in [0.05, 0.1) is 7.85 Å². The van der Waals surface area contributed by atoms with Crippen molar-refractivity contribution in [3.05, 3.63) is 0 Å². The fourth-order valence-electron chi connectivity index (χ4n) is 2.26. The van der Waals surface area contributed by atoms with E-state index in [1.54, 1.807) is 0 Å². The summed E-state index contributed by atoms with van der Waals surface area (Å²) in [7, 11) is 5.89. The lowest BCUT2D eigenvalue weighted by atomic mass is 9.79. The molecule has 13 heavy (non-hydrogen) atoms. The minimum Gasteiger partial charge on any atom is -0.300 e. The molecule has 1 unspecified atom stereocenters. The molecule has 1 aliphatic rings. The van der Waals surface area contributed by atoms with Crippen LogP contribution in [-0.4, -0.2) is 31.9 Å². The molecule has 0 N–H and O–H groups in total. The van der Waals surface area contributed by atoms with Crippen LogP contribution in [0.1, 0.15) is 46.0 Å². The van der Waals surface area contributed by atoms with E-state index < -0.39 is 0 Å². The van der Waals surface area contributed by atoms with Crippen molar-refractivity contribution in [3.63, 3.8) is 0 Å². The maximum Gasteiger partial charge on any atom is 0.0700 e. The molecule has 0 aromatic rings. The Kier molecular flexibility index (Phi) is 4.86. The van der Waals surface area contributed by atoms with Gasteiger partial charge in [0.2, 0.25) is 0 Å². The molecular formula is C11H22BN. The van der Waals surface area contributed by atoms with E-state index in [1.165, 1.54) is 45.2 Å². The first-order valence-corrected chi connectivity index (χ1v) is 5.77. The van der Waals surface area contributed by atoms with Crippen molar-refractivity contribution in [2.24, 2.45) is 0 Å². The second-order valence-corrected chi connectivity index (χ2v) is 4.22. The molecule has 1 saturated heterocycles. The van der Waals surface area contributed by atoms with Gasteiger partial charge < -0.3 is 4.90 Å². The summed E-state index contributed by atoms with van der Waals surface area (Å²) >= 11 is 0. The topological polar surface area (TPSA) is 3.24 Å². The average molecular weight is 179 g/mol. The molecule has 74 valence electrons. The molecule has 1 rings (SSSR count). The Morgan fingerprint density at radius 2 is 1.92 bits per heavy atom. The van der Waals surface area contributed by atoms with Crippen LogP contribution in [0.25, 0.3) is 0 Å². The maximum atomic E-state index is 5.89. The number of hydrogen-bond acceptors (Lipinski definition) is 1. The molecule has 1 aliphatic heterocycles. The van der Waals surface area contributed by atoms with Gasteiger partial charge in [-0.05, 0) is 38.8 Å². The summed E-state index contributed by atoms with van der Waals surface area (Å²) in [6, 6.07) is 0.817. The summed E-state index contributed by atoms with van der Waals surface area (Å²) in [5, 5.41) is 0. The van der Waals surface area contributed by atoms with Gasteiger partial charge in [-0.2, -0.15) is 0 Å². The van der Waals surface area contributed by atoms with Crippen molar-refractivity contribution in [1.29, 1.82) is 0 Å². The van der Waals surface area contributed by atoms with E-state index in [2.05, 4.69) is 18.7 Å². The molecular weight excluding hydrogens is 157 g/mol. The lowest BCUT2D eigenvalue weighted by Crippen LogP contribution is -2.40. The number of piperidine rings is 1. The Hall–Kier alpha value is 0.0249. The average Bonchev–Trinajstić information content (AvgIpc) is 2.16. The highest BCUT2D eigenvalue weighted by atomic mass is 15.2. The van der Waals surface area contributed by atoms with Gasteiger partial charge in [0, 0.05) is 6.04 Å². The molecule has 1 nitrogen and oxygen atoms in total. The van der Waals surface area contributed by atoms with Gasteiger partial charge in [-0.3, -0.25) is 0 Å². The van der Waals surface area contributed by atoms with Crippen molar-refractivity contribution in [2.75, 3.05) is 13.1 Å². The van der Waals surface area contributed by atoms with E-state index in [9.17, 15) is 0 Å². The Balaban J connectivity index is 2.32. The summed E-state index contributed by atoms with van der Waals surface area (Å²) in [5.41, 5.74) is 0. The fraction of sp³-hybridized carbons (Fsp3) is 1.00. The second-order valence-electron chi connectivity index (χ2n) is 4.22. The largest absolute Gasteiger partial charge is 0.300 e. The smallest absolute Gasteiger partial charge is 0.0700 e. The summed E-state index contributed by atoms with van der Waals surface area (Å²) in [6.45, 7) is 7.02. The Morgan fingerprint density at radius 1 is 1.31 bits per heavy atom. The van der Waals surface area contributed by atoms with E-state index in [1.807, 2.05) is 0 Å². The lowest BCUT2D eigenvalue weighted by Gasteiger charge is -2.36. The second kappa shape index (κ2) is 5.69. The third-order valence-corrected chi connectivity index (χ3v) is 3.18. The van der Waals surface area contributed by atoms with E-state index >= 15 is 0 Å². The van der Waals surface area contributed by atoms with Gasteiger partial charge in [-0.15, -0.1) is 0 Å². The van der Waals surface area contributed by atoms with Crippen LogP contribution in [0.15, 0.2) is 0 Å². The van der Waals surface area contributed by atoms with Crippen LogP contribution >= 0.6 is 0 Å². The van der Waals surface area contributed by atoms with E-state index in [4.69, 9.17) is 7.85 Å². The van der Waals surface area contributed by atoms with Crippen LogP contribution in [0.2, 0.25) is 5.82 Å². The quantitative estimate of drug-likeness (QED) is 0.599. The molecule has 0 aromatic carbocycles. The minimum absolute atomic E-state index is 0.468. The molecule has 0 bridgehead atoms. The standard InChI is InChI=1S/C11H22BN/c1-3-5-11(4-2)13-8-6-10(12)7-9-13/h10-11H,3-9H2,1-2H3. The highest BCUT2D eigenvalue weighted by Crippen LogP contribution is 2.23. The van der Waals surface area contributed by atoms with Gasteiger partial charge in [0.25, 0.3) is 0 Å². The first-order valence-electron chi connectivity index (χ1n) is 5.77. The summed E-state index contributed by atoms with van der Waals surface area (Å²) in [4.78, 5) is 2.63. The SMILES string of the molecule is [B]C1CCN(C(CC)CCC)CC1. The molecule has 2 radical (unpaired) electrons. The fourth-order valence-corrected chi connectivity index (χ4v) is 2.26. The lowest BCUT2D eigenvalue weighted by molar-refractivity contribution is 0.151. The molecule has 0 amide bonds. The van der Waals surface area contributed by atoms with Gasteiger partial charge in [0.15, 0.2) is 0 Å². The first-order chi connectivity index (χ1) is 6.27. The molecule has 0 spiro atoms. The van der Waals surface area contributed by atoms with E-state index in [0.29, 0.717) is 5.82 Å². The first kappa shape index (κ1) is 11.1. The zero-order chi connectivity index (χ0) is 9.68. The van der Waals surface area contributed by atoms with Crippen molar-refractivity contribution in [3.8, 4) is 0 Å². The molecule has 0 aromatic heterocycles. The van der Waals surface area contributed by atoms with E-state index in [0.717, 1.165) is 6.04 Å². The van der Waals surface area contributed by atoms with Crippen molar-refractivity contribution in [1.82, 2.24) is 4.90 Å². The van der Waals surface area contributed by atoms with Crippen LogP contribution in [-0.2, 0) is 0 Å². The van der Waals surface area contributed by atoms with Crippen LogP contribution in [0, 0.1) is 0 Å². The zero-order valence-electron chi connectivity index (χ0n) is 9.13. The van der Waals surface area contributed by atoms with Gasteiger partial charge >= 0.3 is 0 Å². The van der Waals surface area contributed by atoms with Gasteiger partial charge in [-0.25, -0.2) is 0 Å². The summed E-state index contributed by atoms with van der Waals surface area (Å²) in [5.74, 6) is 0.468. The Morgan fingerprint density at radius 3 is 2.38 bits per heavy atom. The maximum absolute atomic E-state index is 5.89. The predicted molar refractivity (Wildman–Crippen MR) is 59.3 cm³/mol. The Bertz CT molecular complexity index is 130. The molecule has 1 atom stereocenters. The number of rotatable bonds is 4. The normalized spacial score (nSPS) is 23.2. The monoisotopic (exact) mass is 179 g/mol. The third kappa shape index (κ3) is 3.34. The van der Waals surface area contributed by atoms with Crippen molar-refractivity contribution >= 4 is 7.85 Å². The van der Waals surface area contributed by atoms with E-state index in [-0.39, 0.29) is 0 Å². The molecule has 0 aliphatic carbocycles. The third-order valence-electron chi connectivity index (χ3n) is 3.18. The van der Waals surface area contributed by atoms with Crippen LogP contribution < -0.4 is 0 Å². The van der Waals surface area contributed by atoms with Crippen molar-refractivity contribution < 1.29 is 0 Å². The molecule has 2 heteroatoms. The molecule has 0 saturated carbocycles. The number of hydrogen-bond donors (Lipinski definition) is 0. The predicted octanol–water partition coefficient (Wildman–Crippen LogP) is 2.62. The summed E-state index contributed by atoms with van der Waals surface area (Å²) in [6.07, 6.45) is 6.34. The number of likely N-dealkylation sites (tertiary alicyclic amines) is 1. The highest BCUT2D eigenvalue weighted by Gasteiger charge is 2.20. The molecule has 1 fully saturated rings.